The summed E-state index contributed by atoms with van der Waals surface area (Å²) < 4.78 is 11.3. The maximum absolute atomic E-state index is 6.48. The highest BCUT2D eigenvalue weighted by molar-refractivity contribution is 6.34. The van der Waals surface area contributed by atoms with Gasteiger partial charge in [-0.25, -0.2) is 4.99 Å². The largest absolute Gasteiger partial charge is 0.467 e. The Balaban J connectivity index is 1.56. The van der Waals surface area contributed by atoms with Crippen LogP contribution >= 0.6 is 11.6 Å². The van der Waals surface area contributed by atoms with Crippen molar-refractivity contribution in [1.29, 1.82) is 0 Å². The lowest BCUT2D eigenvalue weighted by molar-refractivity contribution is 0.0904. The van der Waals surface area contributed by atoms with Gasteiger partial charge in [0, 0.05) is 19.3 Å². The molecule has 3 N–H and O–H groups in total. The van der Waals surface area contributed by atoms with Gasteiger partial charge in [0.1, 0.15) is 12.1 Å². The third-order valence-electron chi connectivity index (χ3n) is 4.52. The fraction of sp³-hybridized carbons (Fsp3) is 0.389. The van der Waals surface area contributed by atoms with Gasteiger partial charge in [0.2, 0.25) is 5.90 Å². The molecule has 1 saturated heterocycles. The van der Waals surface area contributed by atoms with E-state index >= 15 is 0 Å². The number of halogens is 1. The molecule has 0 radical (unpaired) electrons. The minimum absolute atomic E-state index is 0.0160. The van der Waals surface area contributed by atoms with Gasteiger partial charge in [-0.1, -0.05) is 29.8 Å². The molecule has 1 aromatic carbocycles. The Bertz CT molecular complexity index is 723. The van der Waals surface area contributed by atoms with E-state index in [2.05, 4.69) is 10.3 Å². The highest BCUT2D eigenvalue weighted by atomic mass is 35.5. The Morgan fingerprint density at radius 3 is 2.75 bits per heavy atom. The zero-order chi connectivity index (χ0) is 16.5. The van der Waals surface area contributed by atoms with Crippen molar-refractivity contribution in [2.75, 3.05) is 24.3 Å². The number of nitrogens with zero attached hydrogens (tertiary/aromatic N) is 1. The predicted octanol–water partition coefficient (Wildman–Crippen LogP) is 3.15. The van der Waals surface area contributed by atoms with Crippen molar-refractivity contribution in [3.8, 4) is 0 Å². The second kappa shape index (κ2) is 6.49. The minimum Gasteiger partial charge on any atom is -0.467 e. The van der Waals surface area contributed by atoms with E-state index in [0.29, 0.717) is 22.6 Å². The summed E-state index contributed by atoms with van der Waals surface area (Å²) in [5, 5.41) is 4.05. The number of allylic oxidation sites excluding steroid dienone is 2. The maximum atomic E-state index is 6.48. The Morgan fingerprint density at radius 1 is 1.17 bits per heavy atom. The molecule has 0 spiro atoms. The summed E-state index contributed by atoms with van der Waals surface area (Å²) in [6.45, 7) is 1.55. The van der Waals surface area contributed by atoms with Crippen LogP contribution in [0.5, 0.6) is 0 Å². The van der Waals surface area contributed by atoms with E-state index in [0.717, 1.165) is 37.3 Å². The van der Waals surface area contributed by atoms with Crippen LogP contribution in [0.3, 0.4) is 0 Å². The number of fused-ring (bicyclic) bond motifs is 1. The van der Waals surface area contributed by atoms with Crippen molar-refractivity contribution in [3.05, 3.63) is 47.0 Å². The number of nitrogens with two attached hydrogens (primary N) is 1. The van der Waals surface area contributed by atoms with Crippen molar-refractivity contribution in [2.24, 2.45) is 4.99 Å². The molecule has 1 fully saturated rings. The molecule has 0 bridgehead atoms. The molecule has 4 rings (SSSR count). The molecule has 5 nitrogen and oxygen atoms in total. The maximum Gasteiger partial charge on any atom is 0.219 e. The van der Waals surface area contributed by atoms with Crippen LogP contribution in [-0.4, -0.2) is 37.3 Å². The standard InChI is InChI=1S/C18H20ClN3O2/c19-13-10-16(21-11-5-7-23-8-6-11)14(20)9-12(13)18-22-15-3-1-2-4-17(15)24-18/h1-4,9-11,15,17,21H,5-8,20H2. The SMILES string of the molecule is Nc1cc(C2=NC3C=CC=CC3O2)c(Cl)cc1NC1CCOCC1. The first-order valence-corrected chi connectivity index (χ1v) is 8.61. The van der Waals surface area contributed by atoms with Gasteiger partial charge in [0.05, 0.1) is 22.0 Å². The molecule has 1 aliphatic carbocycles. The molecule has 0 amide bonds. The van der Waals surface area contributed by atoms with Crippen molar-refractivity contribution in [3.63, 3.8) is 0 Å². The van der Waals surface area contributed by atoms with Gasteiger partial charge in [-0.3, -0.25) is 0 Å². The van der Waals surface area contributed by atoms with Crippen molar-refractivity contribution in [1.82, 2.24) is 0 Å². The summed E-state index contributed by atoms with van der Waals surface area (Å²) in [7, 11) is 0. The van der Waals surface area contributed by atoms with Gasteiger partial charge >= 0.3 is 0 Å². The molecular weight excluding hydrogens is 326 g/mol. The van der Waals surface area contributed by atoms with Crippen molar-refractivity contribution >= 4 is 28.9 Å². The minimum atomic E-state index is -0.0534. The lowest BCUT2D eigenvalue weighted by Gasteiger charge is -2.25. The summed E-state index contributed by atoms with van der Waals surface area (Å²) in [5.41, 5.74) is 8.47. The van der Waals surface area contributed by atoms with E-state index in [1.807, 2.05) is 36.4 Å². The number of benzene rings is 1. The Hall–Kier alpha value is -1.98. The fourth-order valence-corrected chi connectivity index (χ4v) is 3.41. The smallest absolute Gasteiger partial charge is 0.219 e. The molecule has 126 valence electrons. The summed E-state index contributed by atoms with van der Waals surface area (Å²) in [5.74, 6) is 0.551. The van der Waals surface area contributed by atoms with Crippen LogP contribution in [-0.2, 0) is 9.47 Å². The van der Waals surface area contributed by atoms with E-state index in [4.69, 9.17) is 26.8 Å². The molecular formula is C18H20ClN3O2. The second-order valence-corrected chi connectivity index (χ2v) is 6.63. The highest BCUT2D eigenvalue weighted by Gasteiger charge is 2.30. The van der Waals surface area contributed by atoms with E-state index in [1.165, 1.54) is 0 Å². The number of ether oxygens (including phenoxy) is 2. The second-order valence-electron chi connectivity index (χ2n) is 6.23. The third kappa shape index (κ3) is 3.01. The van der Waals surface area contributed by atoms with Crippen LogP contribution in [0.4, 0.5) is 11.4 Å². The quantitative estimate of drug-likeness (QED) is 0.826. The third-order valence-corrected chi connectivity index (χ3v) is 4.83. The predicted molar refractivity (Wildman–Crippen MR) is 96.8 cm³/mol. The first-order chi connectivity index (χ1) is 11.7. The van der Waals surface area contributed by atoms with Gasteiger partial charge in [-0.05, 0) is 31.1 Å². The Morgan fingerprint density at radius 2 is 1.96 bits per heavy atom. The number of hydrogen-bond acceptors (Lipinski definition) is 5. The monoisotopic (exact) mass is 345 g/mol. The molecule has 6 heteroatoms. The summed E-state index contributed by atoms with van der Waals surface area (Å²) >= 11 is 6.48. The van der Waals surface area contributed by atoms with Crippen LogP contribution < -0.4 is 11.1 Å². The fourth-order valence-electron chi connectivity index (χ4n) is 3.17. The molecule has 0 saturated carbocycles. The van der Waals surface area contributed by atoms with Gasteiger partial charge in [-0.15, -0.1) is 0 Å². The van der Waals surface area contributed by atoms with Crippen LogP contribution in [0.2, 0.25) is 5.02 Å². The molecule has 24 heavy (non-hydrogen) atoms. The molecule has 1 aromatic rings. The average molecular weight is 346 g/mol. The number of rotatable bonds is 3. The van der Waals surface area contributed by atoms with Crippen molar-refractivity contribution < 1.29 is 9.47 Å². The molecule has 2 atom stereocenters. The summed E-state index contributed by atoms with van der Waals surface area (Å²) in [4.78, 5) is 4.61. The van der Waals surface area contributed by atoms with Gasteiger partial charge in [-0.2, -0.15) is 0 Å². The molecule has 0 aromatic heterocycles. The summed E-state index contributed by atoms with van der Waals surface area (Å²) in [6, 6.07) is 4.08. The zero-order valence-electron chi connectivity index (χ0n) is 13.2. The van der Waals surface area contributed by atoms with Gasteiger partial charge < -0.3 is 20.5 Å². The van der Waals surface area contributed by atoms with Gasteiger partial charge in [0.25, 0.3) is 0 Å². The number of hydrogen-bond donors (Lipinski definition) is 2. The molecule has 2 aliphatic heterocycles. The van der Waals surface area contributed by atoms with E-state index in [1.54, 1.807) is 0 Å². The number of aliphatic imine (C=N–C) groups is 1. The number of anilines is 2. The van der Waals surface area contributed by atoms with Crippen LogP contribution in [0.1, 0.15) is 18.4 Å². The number of nitrogens with one attached hydrogen (secondary N) is 1. The summed E-state index contributed by atoms with van der Waals surface area (Å²) in [6.07, 6.45) is 9.86. The lowest BCUT2D eigenvalue weighted by Crippen LogP contribution is -2.28. The molecule has 2 heterocycles. The van der Waals surface area contributed by atoms with Gasteiger partial charge in [0.15, 0.2) is 0 Å². The van der Waals surface area contributed by atoms with E-state index < -0.39 is 0 Å². The average Bonchev–Trinajstić information content (AvgIpc) is 3.02. The van der Waals surface area contributed by atoms with Crippen LogP contribution in [0.25, 0.3) is 0 Å². The van der Waals surface area contributed by atoms with Crippen molar-refractivity contribution in [2.45, 2.75) is 31.0 Å². The first-order valence-electron chi connectivity index (χ1n) is 8.24. The first kappa shape index (κ1) is 15.5. The number of nitrogen functional groups attached to an aromatic ring is 1. The Labute approximate surface area is 146 Å². The highest BCUT2D eigenvalue weighted by Crippen LogP contribution is 2.32. The normalized spacial score (nSPS) is 26.0. The zero-order valence-corrected chi connectivity index (χ0v) is 14.0. The van der Waals surface area contributed by atoms with Crippen LogP contribution in [0, 0.1) is 0 Å². The molecule has 2 unspecified atom stereocenters. The topological polar surface area (TPSA) is 68.9 Å². The van der Waals surface area contributed by atoms with E-state index in [9.17, 15) is 0 Å². The lowest BCUT2D eigenvalue weighted by atomic mass is 10.1. The van der Waals surface area contributed by atoms with Crippen LogP contribution in [0.15, 0.2) is 41.4 Å². The Kier molecular flexibility index (Phi) is 4.21. The van der Waals surface area contributed by atoms with E-state index in [-0.39, 0.29) is 12.1 Å². The molecule has 3 aliphatic rings.